The zero-order valence-electron chi connectivity index (χ0n) is 12.5. The van der Waals surface area contributed by atoms with E-state index in [1.54, 1.807) is 24.3 Å². The molecule has 0 spiro atoms. The van der Waals surface area contributed by atoms with Crippen LogP contribution in [0.15, 0.2) is 39.4 Å². The van der Waals surface area contributed by atoms with Gasteiger partial charge in [0.15, 0.2) is 5.78 Å². The Bertz CT molecular complexity index is 989. The Kier molecular flexibility index (Phi) is 2.45. The van der Waals surface area contributed by atoms with Gasteiger partial charge in [0.05, 0.1) is 23.0 Å². The molecule has 4 rings (SSSR count). The van der Waals surface area contributed by atoms with E-state index >= 15 is 0 Å². The highest BCUT2D eigenvalue weighted by molar-refractivity contribution is 6.03. The van der Waals surface area contributed by atoms with E-state index < -0.39 is 0 Å². The van der Waals surface area contributed by atoms with E-state index in [-0.39, 0.29) is 28.9 Å². The molecule has 5 nitrogen and oxygen atoms in total. The SMILES string of the molecule is CC1(C)CC(=O)C2=C(C1)n1c(=O)c3ccccc3c(=O)n1C2. The number of carbonyl (C=O) groups excluding carboxylic acids is 1. The van der Waals surface area contributed by atoms with Crippen LogP contribution in [0.4, 0.5) is 0 Å². The maximum atomic E-state index is 12.8. The zero-order valence-corrected chi connectivity index (χ0v) is 12.5. The number of nitrogens with zero attached hydrogens (tertiary/aromatic N) is 2. The number of allylic oxidation sites excluding steroid dienone is 2. The first kappa shape index (κ1) is 13.2. The Morgan fingerprint density at radius 2 is 1.59 bits per heavy atom. The largest absolute Gasteiger partial charge is 0.294 e. The minimum absolute atomic E-state index is 0.0466. The second-order valence-corrected chi connectivity index (χ2v) is 6.89. The van der Waals surface area contributed by atoms with Crippen molar-refractivity contribution in [2.75, 3.05) is 0 Å². The van der Waals surface area contributed by atoms with Gasteiger partial charge in [-0.15, -0.1) is 0 Å². The molecule has 0 atom stereocenters. The van der Waals surface area contributed by atoms with E-state index in [0.29, 0.717) is 34.9 Å². The third-order valence-corrected chi connectivity index (χ3v) is 4.59. The molecule has 22 heavy (non-hydrogen) atoms. The second-order valence-electron chi connectivity index (χ2n) is 6.89. The van der Waals surface area contributed by atoms with Gasteiger partial charge < -0.3 is 0 Å². The van der Waals surface area contributed by atoms with E-state index in [0.717, 1.165) is 0 Å². The van der Waals surface area contributed by atoms with Crippen LogP contribution in [0.5, 0.6) is 0 Å². The van der Waals surface area contributed by atoms with Gasteiger partial charge in [-0.1, -0.05) is 26.0 Å². The Morgan fingerprint density at radius 1 is 0.955 bits per heavy atom. The topological polar surface area (TPSA) is 61.1 Å². The van der Waals surface area contributed by atoms with Crippen LogP contribution in [0.3, 0.4) is 0 Å². The quantitative estimate of drug-likeness (QED) is 0.744. The number of rotatable bonds is 0. The highest BCUT2D eigenvalue weighted by Gasteiger charge is 2.38. The number of fused-ring (bicyclic) bond motifs is 3. The first-order valence-corrected chi connectivity index (χ1v) is 7.39. The van der Waals surface area contributed by atoms with Crippen molar-refractivity contribution in [2.24, 2.45) is 5.41 Å². The minimum atomic E-state index is -0.217. The highest BCUT2D eigenvalue weighted by Crippen LogP contribution is 2.40. The van der Waals surface area contributed by atoms with Crippen LogP contribution in [-0.2, 0) is 11.3 Å². The summed E-state index contributed by atoms with van der Waals surface area (Å²) in [6.45, 7) is 4.24. The Morgan fingerprint density at radius 3 is 2.27 bits per heavy atom. The summed E-state index contributed by atoms with van der Waals surface area (Å²) in [7, 11) is 0. The molecule has 0 unspecified atom stereocenters. The van der Waals surface area contributed by atoms with Crippen LogP contribution < -0.4 is 11.1 Å². The van der Waals surface area contributed by atoms with Crippen molar-refractivity contribution in [3.63, 3.8) is 0 Å². The Labute approximate surface area is 126 Å². The summed E-state index contributed by atoms with van der Waals surface area (Å²) >= 11 is 0. The van der Waals surface area contributed by atoms with Crippen molar-refractivity contribution in [1.29, 1.82) is 0 Å². The molecule has 0 saturated heterocycles. The van der Waals surface area contributed by atoms with E-state index in [1.165, 1.54) is 9.36 Å². The fraction of sp³-hybridized carbons (Fsp3) is 0.353. The molecule has 112 valence electrons. The molecule has 1 aromatic heterocycles. The summed E-state index contributed by atoms with van der Waals surface area (Å²) in [6.07, 6.45) is 1.09. The normalized spacial score (nSPS) is 19.5. The molecule has 0 saturated carbocycles. The Hall–Kier alpha value is -2.43. The van der Waals surface area contributed by atoms with Crippen LogP contribution in [-0.4, -0.2) is 15.1 Å². The van der Waals surface area contributed by atoms with Gasteiger partial charge in [0.1, 0.15) is 0 Å². The lowest BCUT2D eigenvalue weighted by Crippen LogP contribution is -2.35. The summed E-state index contributed by atoms with van der Waals surface area (Å²) in [5.41, 5.74) is 0.704. The summed E-state index contributed by atoms with van der Waals surface area (Å²) in [4.78, 5) is 37.8. The van der Waals surface area contributed by atoms with Crippen molar-refractivity contribution in [2.45, 2.75) is 33.2 Å². The molecule has 2 aromatic rings. The molecule has 1 aliphatic carbocycles. The molecular weight excluding hydrogens is 280 g/mol. The van der Waals surface area contributed by atoms with Gasteiger partial charge >= 0.3 is 0 Å². The van der Waals surface area contributed by atoms with Crippen LogP contribution in [0.25, 0.3) is 16.5 Å². The van der Waals surface area contributed by atoms with E-state index in [4.69, 9.17) is 0 Å². The van der Waals surface area contributed by atoms with Crippen molar-refractivity contribution in [1.82, 2.24) is 9.36 Å². The van der Waals surface area contributed by atoms with Crippen LogP contribution in [0.2, 0.25) is 0 Å². The van der Waals surface area contributed by atoms with Crippen molar-refractivity contribution >= 4 is 22.3 Å². The van der Waals surface area contributed by atoms with Gasteiger partial charge in [0, 0.05) is 12.0 Å². The van der Waals surface area contributed by atoms with Crippen LogP contribution in [0, 0.1) is 5.41 Å². The van der Waals surface area contributed by atoms with Crippen LogP contribution >= 0.6 is 0 Å². The van der Waals surface area contributed by atoms with E-state index in [1.807, 2.05) is 13.8 Å². The predicted octanol–water partition coefficient (Wildman–Crippen LogP) is 1.78. The summed E-state index contributed by atoms with van der Waals surface area (Å²) in [5.74, 6) is 0.0466. The maximum absolute atomic E-state index is 12.8. The number of benzene rings is 1. The lowest BCUT2D eigenvalue weighted by Gasteiger charge is -2.29. The van der Waals surface area contributed by atoms with Gasteiger partial charge in [-0.3, -0.25) is 14.4 Å². The third-order valence-electron chi connectivity index (χ3n) is 4.59. The van der Waals surface area contributed by atoms with E-state index in [2.05, 4.69) is 0 Å². The standard InChI is InChI=1S/C17H16N2O3/c1-17(2)7-13-12(14(20)8-17)9-18-15(21)10-5-3-4-6-11(10)16(22)19(13)18/h3-6H,7-9H2,1-2H3. The van der Waals surface area contributed by atoms with E-state index in [9.17, 15) is 14.4 Å². The monoisotopic (exact) mass is 296 g/mol. The highest BCUT2D eigenvalue weighted by atomic mass is 16.2. The fourth-order valence-electron chi connectivity index (χ4n) is 3.58. The molecule has 0 amide bonds. The van der Waals surface area contributed by atoms with Crippen molar-refractivity contribution < 1.29 is 4.79 Å². The van der Waals surface area contributed by atoms with Crippen molar-refractivity contribution in [3.05, 3.63) is 50.5 Å². The molecule has 0 fully saturated rings. The summed E-state index contributed by atoms with van der Waals surface area (Å²) in [5, 5.41) is 0.823. The summed E-state index contributed by atoms with van der Waals surface area (Å²) < 4.78 is 2.84. The molecule has 2 aliphatic rings. The number of Topliss-reactive ketones (excluding diaryl/α,β-unsaturated/α-hetero) is 1. The zero-order chi connectivity index (χ0) is 15.6. The molecule has 0 bridgehead atoms. The lowest BCUT2D eigenvalue weighted by molar-refractivity contribution is -0.117. The molecule has 5 heteroatoms. The van der Waals surface area contributed by atoms with Gasteiger partial charge in [-0.05, 0) is 24.0 Å². The lowest BCUT2D eigenvalue weighted by atomic mass is 9.76. The molecule has 2 heterocycles. The average Bonchev–Trinajstić information content (AvgIpc) is 2.83. The summed E-state index contributed by atoms with van der Waals surface area (Å²) in [6, 6.07) is 6.83. The van der Waals surface area contributed by atoms with Gasteiger partial charge in [0.2, 0.25) is 0 Å². The number of aromatic nitrogens is 2. The molecule has 0 N–H and O–H groups in total. The minimum Gasteiger partial charge on any atom is -0.294 e. The van der Waals surface area contributed by atoms with Crippen LogP contribution in [0.1, 0.15) is 26.7 Å². The van der Waals surface area contributed by atoms with Gasteiger partial charge in [0.25, 0.3) is 11.1 Å². The molecule has 0 radical (unpaired) electrons. The first-order chi connectivity index (χ1) is 10.4. The number of carbonyl (C=O) groups is 1. The number of hydrogen-bond acceptors (Lipinski definition) is 3. The van der Waals surface area contributed by atoms with Gasteiger partial charge in [-0.25, -0.2) is 9.36 Å². The molecule has 1 aliphatic heterocycles. The second kappa shape index (κ2) is 4.06. The number of ketones is 1. The maximum Gasteiger partial charge on any atom is 0.277 e. The predicted molar refractivity (Wildman–Crippen MR) is 83.7 cm³/mol. The van der Waals surface area contributed by atoms with Crippen molar-refractivity contribution in [3.8, 4) is 0 Å². The number of hydrogen-bond donors (Lipinski definition) is 0. The van der Waals surface area contributed by atoms with Gasteiger partial charge in [-0.2, -0.15) is 0 Å². The fourth-order valence-corrected chi connectivity index (χ4v) is 3.58. The third kappa shape index (κ3) is 1.62. The smallest absolute Gasteiger partial charge is 0.277 e. The molecular formula is C17H16N2O3. The average molecular weight is 296 g/mol. The first-order valence-electron chi connectivity index (χ1n) is 7.39. The Balaban J connectivity index is 2.09. The molecule has 1 aromatic carbocycles.